The lowest BCUT2D eigenvalue weighted by Crippen LogP contribution is -2.03. The lowest BCUT2D eigenvalue weighted by Gasteiger charge is -2.15. The van der Waals surface area contributed by atoms with E-state index in [9.17, 15) is 0 Å². The van der Waals surface area contributed by atoms with E-state index < -0.39 is 0 Å². The van der Waals surface area contributed by atoms with Gasteiger partial charge in [-0.3, -0.25) is 4.98 Å². The summed E-state index contributed by atoms with van der Waals surface area (Å²) in [6, 6.07) is 6.06. The summed E-state index contributed by atoms with van der Waals surface area (Å²) in [6.45, 7) is 4.71. The molecule has 98 valence electrons. The molecule has 0 bridgehead atoms. The van der Waals surface area contributed by atoms with E-state index in [1.807, 2.05) is 19.1 Å². The van der Waals surface area contributed by atoms with Crippen molar-refractivity contribution in [2.75, 3.05) is 19.0 Å². The fourth-order valence-corrected chi connectivity index (χ4v) is 2.27. The van der Waals surface area contributed by atoms with Crippen LogP contribution in [0, 0.1) is 25.2 Å². The van der Waals surface area contributed by atoms with Gasteiger partial charge in [0.05, 0.1) is 30.8 Å². The van der Waals surface area contributed by atoms with Crippen molar-refractivity contribution in [3.8, 4) is 11.8 Å². The third-order valence-electron chi connectivity index (χ3n) is 3.21. The number of rotatable bonds is 4. The van der Waals surface area contributed by atoms with Crippen LogP contribution in [0.25, 0.3) is 10.9 Å². The van der Waals surface area contributed by atoms with Gasteiger partial charge in [-0.1, -0.05) is 0 Å². The highest BCUT2D eigenvalue weighted by Gasteiger charge is 2.12. The first-order valence-electron chi connectivity index (χ1n) is 6.22. The lowest BCUT2D eigenvalue weighted by molar-refractivity contribution is 0.412. The summed E-state index contributed by atoms with van der Waals surface area (Å²) in [5, 5.41) is 13.0. The van der Waals surface area contributed by atoms with Gasteiger partial charge in [0.2, 0.25) is 0 Å². The van der Waals surface area contributed by atoms with E-state index in [1.165, 1.54) is 5.56 Å². The fourth-order valence-electron chi connectivity index (χ4n) is 2.27. The van der Waals surface area contributed by atoms with E-state index in [4.69, 9.17) is 10.00 Å². The molecule has 2 aromatic rings. The number of hydrogen-bond donors (Lipinski definition) is 1. The summed E-state index contributed by atoms with van der Waals surface area (Å²) >= 11 is 0. The minimum absolute atomic E-state index is 0.462. The van der Waals surface area contributed by atoms with Gasteiger partial charge in [-0.2, -0.15) is 5.26 Å². The summed E-state index contributed by atoms with van der Waals surface area (Å²) < 4.78 is 5.42. The molecule has 0 saturated carbocycles. The molecule has 19 heavy (non-hydrogen) atoms. The number of methoxy groups -OCH3 is 1. The number of nitriles is 1. The van der Waals surface area contributed by atoms with Crippen molar-refractivity contribution in [2.24, 2.45) is 0 Å². The van der Waals surface area contributed by atoms with Gasteiger partial charge < -0.3 is 10.1 Å². The minimum Gasteiger partial charge on any atom is -0.496 e. The van der Waals surface area contributed by atoms with Gasteiger partial charge in [0.15, 0.2) is 0 Å². The van der Waals surface area contributed by atoms with Crippen LogP contribution >= 0.6 is 0 Å². The van der Waals surface area contributed by atoms with Gasteiger partial charge in [-0.25, -0.2) is 0 Å². The maximum Gasteiger partial charge on any atom is 0.124 e. The van der Waals surface area contributed by atoms with Crippen molar-refractivity contribution in [3.05, 3.63) is 29.5 Å². The lowest BCUT2D eigenvalue weighted by atomic mass is 10.0. The van der Waals surface area contributed by atoms with Gasteiger partial charge in [0, 0.05) is 29.8 Å². The average molecular weight is 255 g/mol. The molecule has 0 aliphatic rings. The standard InChI is InChI=1S/C15H17N3O/c1-10-5-8-18-15-12(17-7-4-6-16)9-13(19-3)11(2)14(10)15/h5,8-9,17H,4,7H2,1-3H3. The fraction of sp³-hybridized carbons (Fsp3) is 0.333. The molecule has 0 aliphatic heterocycles. The quantitative estimate of drug-likeness (QED) is 0.852. The number of nitrogens with one attached hydrogen (secondary N) is 1. The molecule has 0 aliphatic carbocycles. The molecule has 0 radical (unpaired) electrons. The summed E-state index contributed by atoms with van der Waals surface area (Å²) in [5.41, 5.74) is 4.10. The first-order chi connectivity index (χ1) is 9.19. The molecule has 1 heterocycles. The number of aromatic nitrogens is 1. The Balaban J connectivity index is 2.60. The SMILES string of the molecule is COc1cc(NCCC#N)c2nccc(C)c2c1C. The molecule has 4 heteroatoms. The Bertz CT molecular complexity index is 644. The van der Waals surface area contributed by atoms with E-state index in [-0.39, 0.29) is 0 Å². The number of fused-ring (bicyclic) bond motifs is 1. The number of hydrogen-bond acceptors (Lipinski definition) is 4. The molecule has 1 aromatic heterocycles. The van der Waals surface area contributed by atoms with Crippen molar-refractivity contribution in [1.29, 1.82) is 5.26 Å². The van der Waals surface area contributed by atoms with E-state index in [0.717, 1.165) is 27.9 Å². The smallest absolute Gasteiger partial charge is 0.124 e. The van der Waals surface area contributed by atoms with Crippen LogP contribution in [-0.4, -0.2) is 18.6 Å². The number of nitrogens with zero attached hydrogens (tertiary/aromatic N) is 2. The molecule has 4 nitrogen and oxygen atoms in total. The zero-order valence-corrected chi connectivity index (χ0v) is 11.4. The number of anilines is 1. The maximum atomic E-state index is 8.62. The molecule has 0 atom stereocenters. The van der Waals surface area contributed by atoms with E-state index in [2.05, 4.69) is 23.3 Å². The second-order valence-electron chi connectivity index (χ2n) is 4.44. The van der Waals surface area contributed by atoms with E-state index >= 15 is 0 Å². The molecule has 0 unspecified atom stereocenters. The predicted molar refractivity (Wildman–Crippen MR) is 76.5 cm³/mol. The third kappa shape index (κ3) is 2.45. The minimum atomic E-state index is 0.462. The van der Waals surface area contributed by atoms with Gasteiger partial charge >= 0.3 is 0 Å². The third-order valence-corrected chi connectivity index (χ3v) is 3.21. The normalized spacial score (nSPS) is 10.2. The molecule has 0 amide bonds. The molecule has 1 aromatic carbocycles. The molecule has 0 spiro atoms. The van der Waals surface area contributed by atoms with Crippen molar-refractivity contribution >= 4 is 16.6 Å². The average Bonchev–Trinajstić information content (AvgIpc) is 2.41. The highest BCUT2D eigenvalue weighted by atomic mass is 16.5. The monoisotopic (exact) mass is 255 g/mol. The van der Waals surface area contributed by atoms with Crippen LogP contribution in [0.15, 0.2) is 18.3 Å². The van der Waals surface area contributed by atoms with Gasteiger partial charge in [-0.15, -0.1) is 0 Å². The Morgan fingerprint density at radius 1 is 1.42 bits per heavy atom. The van der Waals surface area contributed by atoms with Gasteiger partial charge in [0.1, 0.15) is 5.75 Å². The maximum absolute atomic E-state index is 8.62. The number of pyridine rings is 1. The molecular formula is C15H17N3O. The molecule has 2 rings (SSSR count). The highest BCUT2D eigenvalue weighted by molar-refractivity contribution is 5.96. The summed E-state index contributed by atoms with van der Waals surface area (Å²) in [6.07, 6.45) is 2.27. The second-order valence-corrected chi connectivity index (χ2v) is 4.44. The zero-order valence-electron chi connectivity index (χ0n) is 11.4. The first kappa shape index (κ1) is 13.2. The van der Waals surface area contributed by atoms with Crippen molar-refractivity contribution in [3.63, 3.8) is 0 Å². The van der Waals surface area contributed by atoms with E-state index in [0.29, 0.717) is 13.0 Å². The Kier molecular flexibility index (Phi) is 3.86. The Morgan fingerprint density at radius 2 is 2.21 bits per heavy atom. The topological polar surface area (TPSA) is 57.9 Å². The largest absolute Gasteiger partial charge is 0.496 e. The van der Waals surface area contributed by atoms with Crippen LogP contribution in [-0.2, 0) is 0 Å². The Labute approximate surface area is 113 Å². The van der Waals surface area contributed by atoms with Crippen LogP contribution in [0.1, 0.15) is 17.5 Å². The number of ether oxygens (including phenoxy) is 1. The van der Waals surface area contributed by atoms with Crippen molar-refractivity contribution in [1.82, 2.24) is 4.98 Å². The van der Waals surface area contributed by atoms with E-state index in [1.54, 1.807) is 13.3 Å². The molecule has 0 saturated heterocycles. The summed E-state index contributed by atoms with van der Waals surface area (Å²) in [7, 11) is 1.67. The van der Waals surface area contributed by atoms with Crippen LogP contribution in [0.5, 0.6) is 5.75 Å². The van der Waals surface area contributed by atoms with Crippen LogP contribution in [0.4, 0.5) is 5.69 Å². The van der Waals surface area contributed by atoms with Crippen molar-refractivity contribution in [2.45, 2.75) is 20.3 Å². The second kappa shape index (κ2) is 5.57. The highest BCUT2D eigenvalue weighted by Crippen LogP contribution is 2.34. The van der Waals surface area contributed by atoms with Crippen molar-refractivity contribution < 1.29 is 4.74 Å². The molecule has 1 N–H and O–H groups in total. The summed E-state index contributed by atoms with van der Waals surface area (Å²) in [4.78, 5) is 4.46. The number of benzene rings is 1. The molecular weight excluding hydrogens is 238 g/mol. The summed E-state index contributed by atoms with van der Waals surface area (Å²) in [5.74, 6) is 0.836. The predicted octanol–water partition coefficient (Wildman–Crippen LogP) is 3.19. The Morgan fingerprint density at radius 3 is 2.89 bits per heavy atom. The first-order valence-corrected chi connectivity index (χ1v) is 6.22. The van der Waals surface area contributed by atoms with Gasteiger partial charge in [0.25, 0.3) is 0 Å². The van der Waals surface area contributed by atoms with Crippen LogP contribution in [0.2, 0.25) is 0 Å². The van der Waals surface area contributed by atoms with Crippen LogP contribution in [0.3, 0.4) is 0 Å². The zero-order chi connectivity index (χ0) is 13.8. The molecule has 0 fully saturated rings. The van der Waals surface area contributed by atoms with Crippen LogP contribution < -0.4 is 10.1 Å². The number of aryl methyl sites for hydroxylation is 2. The van der Waals surface area contributed by atoms with Gasteiger partial charge in [-0.05, 0) is 25.5 Å². The Hall–Kier alpha value is -2.28.